The molecule has 2 N–H and O–H groups in total. The van der Waals surface area contributed by atoms with Gasteiger partial charge in [-0.25, -0.2) is 22.0 Å². The SMILES string of the molecule is O=C(O)c1ccccc1OCCOc1ccc(NS(=O)(=O)c2ccc(F)cc2F)cc1. The summed E-state index contributed by atoms with van der Waals surface area (Å²) in [6.45, 7) is 0.197. The maximum atomic E-state index is 13.8. The van der Waals surface area contributed by atoms with Gasteiger partial charge in [-0.15, -0.1) is 0 Å². The Labute approximate surface area is 176 Å². The highest BCUT2D eigenvalue weighted by Crippen LogP contribution is 2.22. The fourth-order valence-electron chi connectivity index (χ4n) is 2.60. The number of carboxylic acid groups (broad SMARTS) is 1. The van der Waals surface area contributed by atoms with Crippen LogP contribution in [0.4, 0.5) is 14.5 Å². The molecule has 0 fully saturated rings. The summed E-state index contributed by atoms with van der Waals surface area (Å²) in [5.41, 5.74) is 0.194. The summed E-state index contributed by atoms with van der Waals surface area (Å²) in [5.74, 6) is -2.55. The van der Waals surface area contributed by atoms with Gasteiger partial charge in [-0.05, 0) is 48.5 Å². The van der Waals surface area contributed by atoms with E-state index < -0.39 is 32.5 Å². The van der Waals surface area contributed by atoms with E-state index >= 15 is 0 Å². The zero-order valence-corrected chi connectivity index (χ0v) is 16.7. The van der Waals surface area contributed by atoms with E-state index in [2.05, 4.69) is 4.72 Å². The highest BCUT2D eigenvalue weighted by Gasteiger charge is 2.19. The van der Waals surface area contributed by atoms with Crippen molar-refractivity contribution in [2.24, 2.45) is 0 Å². The monoisotopic (exact) mass is 449 g/mol. The molecule has 162 valence electrons. The van der Waals surface area contributed by atoms with Crippen LogP contribution in [0.15, 0.2) is 71.6 Å². The first-order valence-corrected chi connectivity index (χ1v) is 10.4. The van der Waals surface area contributed by atoms with Gasteiger partial charge in [0.2, 0.25) is 0 Å². The predicted molar refractivity (Wildman–Crippen MR) is 108 cm³/mol. The van der Waals surface area contributed by atoms with Gasteiger partial charge >= 0.3 is 5.97 Å². The Kier molecular flexibility index (Phi) is 6.71. The van der Waals surface area contributed by atoms with Crippen LogP contribution in [0.5, 0.6) is 11.5 Å². The van der Waals surface area contributed by atoms with E-state index in [9.17, 15) is 22.0 Å². The summed E-state index contributed by atoms with van der Waals surface area (Å²) in [5, 5.41) is 9.11. The number of rotatable bonds is 9. The molecule has 7 nitrogen and oxygen atoms in total. The number of hydrogen-bond acceptors (Lipinski definition) is 5. The van der Waals surface area contributed by atoms with Gasteiger partial charge in [-0.1, -0.05) is 12.1 Å². The van der Waals surface area contributed by atoms with Crippen molar-refractivity contribution in [1.29, 1.82) is 0 Å². The molecule has 0 atom stereocenters. The lowest BCUT2D eigenvalue weighted by molar-refractivity contribution is 0.0691. The number of benzene rings is 3. The summed E-state index contributed by atoms with van der Waals surface area (Å²) < 4.78 is 64.4. The number of hydrogen-bond donors (Lipinski definition) is 2. The molecule has 3 aromatic carbocycles. The maximum absolute atomic E-state index is 13.8. The summed E-state index contributed by atoms with van der Waals surface area (Å²) in [7, 11) is -4.24. The van der Waals surface area contributed by atoms with Crippen molar-refractivity contribution in [2.45, 2.75) is 4.90 Å². The molecule has 3 rings (SSSR count). The van der Waals surface area contributed by atoms with Gasteiger partial charge < -0.3 is 14.6 Å². The topological polar surface area (TPSA) is 102 Å². The molecule has 0 radical (unpaired) electrons. The molecule has 0 spiro atoms. The Morgan fingerprint density at radius 1 is 0.935 bits per heavy atom. The molecule has 0 saturated carbocycles. The van der Waals surface area contributed by atoms with E-state index in [0.717, 1.165) is 12.1 Å². The van der Waals surface area contributed by atoms with E-state index in [-0.39, 0.29) is 30.2 Å². The molecule has 31 heavy (non-hydrogen) atoms. The lowest BCUT2D eigenvalue weighted by Crippen LogP contribution is -2.15. The third-order valence-electron chi connectivity index (χ3n) is 4.02. The number of anilines is 1. The lowest BCUT2D eigenvalue weighted by atomic mass is 10.2. The third-order valence-corrected chi connectivity index (χ3v) is 5.43. The van der Waals surface area contributed by atoms with E-state index in [1.807, 2.05) is 0 Å². The van der Waals surface area contributed by atoms with E-state index in [4.69, 9.17) is 14.6 Å². The molecule has 0 saturated heterocycles. The number of carbonyl (C=O) groups is 1. The molecule has 10 heteroatoms. The van der Waals surface area contributed by atoms with Crippen molar-refractivity contribution in [2.75, 3.05) is 17.9 Å². The van der Waals surface area contributed by atoms with Gasteiger partial charge in [-0.3, -0.25) is 4.72 Å². The minimum Gasteiger partial charge on any atom is -0.490 e. The summed E-state index contributed by atoms with van der Waals surface area (Å²) in [6, 6.07) is 14.2. The number of para-hydroxylation sites is 1. The summed E-state index contributed by atoms with van der Waals surface area (Å²) >= 11 is 0. The lowest BCUT2D eigenvalue weighted by Gasteiger charge is -2.11. The van der Waals surface area contributed by atoms with Crippen LogP contribution >= 0.6 is 0 Å². The zero-order chi connectivity index (χ0) is 22.4. The molecule has 0 aliphatic rings. The van der Waals surface area contributed by atoms with Crippen molar-refractivity contribution in [3.63, 3.8) is 0 Å². The first-order chi connectivity index (χ1) is 14.8. The molecule has 0 heterocycles. The Hall–Kier alpha value is -3.66. The van der Waals surface area contributed by atoms with Crippen LogP contribution < -0.4 is 14.2 Å². The van der Waals surface area contributed by atoms with Gasteiger partial charge in [0.1, 0.15) is 46.8 Å². The standard InChI is InChI=1S/C21H17F2NO6S/c22-14-5-10-20(18(23)13-14)31(27,28)24-15-6-8-16(9-7-15)29-11-12-30-19-4-2-1-3-17(19)21(25)26/h1-10,13,24H,11-12H2,(H,25,26). The van der Waals surface area contributed by atoms with Crippen LogP contribution in [-0.2, 0) is 10.0 Å². The van der Waals surface area contributed by atoms with E-state index in [1.54, 1.807) is 12.1 Å². The highest BCUT2D eigenvalue weighted by molar-refractivity contribution is 7.92. The zero-order valence-electron chi connectivity index (χ0n) is 15.9. The first-order valence-electron chi connectivity index (χ1n) is 8.92. The van der Waals surface area contributed by atoms with Crippen molar-refractivity contribution < 1.29 is 36.6 Å². The molecule has 0 aliphatic heterocycles. The van der Waals surface area contributed by atoms with Crippen molar-refractivity contribution in [3.8, 4) is 11.5 Å². The molecular weight excluding hydrogens is 432 g/mol. The second-order valence-electron chi connectivity index (χ2n) is 6.20. The van der Waals surface area contributed by atoms with Crippen molar-refractivity contribution in [1.82, 2.24) is 0 Å². The average Bonchev–Trinajstić information content (AvgIpc) is 2.72. The second kappa shape index (κ2) is 9.43. The van der Waals surface area contributed by atoms with Crippen LogP contribution in [0.25, 0.3) is 0 Å². The highest BCUT2D eigenvalue weighted by atomic mass is 32.2. The number of carboxylic acids is 1. The predicted octanol–water partition coefficient (Wildman–Crippen LogP) is 3.92. The average molecular weight is 449 g/mol. The maximum Gasteiger partial charge on any atom is 0.339 e. The first kappa shape index (κ1) is 22.0. The van der Waals surface area contributed by atoms with Crippen molar-refractivity contribution in [3.05, 3.63) is 83.9 Å². The molecule has 0 amide bonds. The minimum absolute atomic E-state index is 0.0386. The Morgan fingerprint density at radius 3 is 2.29 bits per heavy atom. The van der Waals surface area contributed by atoms with Crippen LogP contribution in [0.1, 0.15) is 10.4 Å². The molecule has 3 aromatic rings. The van der Waals surface area contributed by atoms with E-state index in [1.165, 1.54) is 36.4 Å². The van der Waals surface area contributed by atoms with Gasteiger partial charge in [0, 0.05) is 11.8 Å². The van der Waals surface area contributed by atoms with E-state index in [0.29, 0.717) is 11.8 Å². The normalized spacial score (nSPS) is 11.0. The molecule has 0 bridgehead atoms. The number of halogens is 2. The number of sulfonamides is 1. The minimum atomic E-state index is -4.24. The van der Waals surface area contributed by atoms with Gasteiger partial charge in [0.15, 0.2) is 0 Å². The number of aromatic carboxylic acids is 1. The third kappa shape index (κ3) is 5.70. The Balaban J connectivity index is 1.55. The van der Waals surface area contributed by atoms with Crippen LogP contribution in [0, 0.1) is 11.6 Å². The Bertz CT molecular complexity index is 1180. The quantitative estimate of drug-likeness (QED) is 0.480. The molecule has 0 aromatic heterocycles. The summed E-state index contributed by atoms with van der Waals surface area (Å²) in [6.07, 6.45) is 0. The second-order valence-corrected chi connectivity index (χ2v) is 7.85. The molecular formula is C21H17F2NO6S. The number of ether oxygens (including phenoxy) is 2. The van der Waals surface area contributed by atoms with Gasteiger partial charge in [0.25, 0.3) is 10.0 Å². The van der Waals surface area contributed by atoms with Gasteiger partial charge in [-0.2, -0.15) is 0 Å². The molecule has 0 aliphatic carbocycles. The van der Waals surface area contributed by atoms with Crippen LogP contribution in [0.3, 0.4) is 0 Å². The summed E-state index contributed by atoms with van der Waals surface area (Å²) in [4.78, 5) is 10.5. The largest absolute Gasteiger partial charge is 0.490 e. The Morgan fingerprint density at radius 2 is 1.61 bits per heavy atom. The molecule has 0 unspecified atom stereocenters. The van der Waals surface area contributed by atoms with Crippen molar-refractivity contribution >= 4 is 21.7 Å². The van der Waals surface area contributed by atoms with Gasteiger partial charge in [0.05, 0.1) is 0 Å². The fourth-order valence-corrected chi connectivity index (χ4v) is 3.72. The van der Waals surface area contributed by atoms with Crippen LogP contribution in [0.2, 0.25) is 0 Å². The smallest absolute Gasteiger partial charge is 0.339 e. The fraction of sp³-hybridized carbons (Fsp3) is 0.0952. The number of nitrogens with one attached hydrogen (secondary N) is 1. The van der Waals surface area contributed by atoms with Crippen LogP contribution in [-0.4, -0.2) is 32.7 Å².